The number of carbonyl (C=O) groups excluding carboxylic acids is 1. The van der Waals surface area contributed by atoms with Crippen molar-refractivity contribution < 1.29 is 13.9 Å². The van der Waals surface area contributed by atoms with Crippen LogP contribution in [0.1, 0.15) is 61.6 Å². The number of carbonyl (C=O) groups is 1. The van der Waals surface area contributed by atoms with Gasteiger partial charge in [0.05, 0.1) is 18.9 Å². The van der Waals surface area contributed by atoms with Crippen LogP contribution in [-0.4, -0.2) is 21.6 Å². The Kier molecular flexibility index (Phi) is 7.20. The molecule has 0 aliphatic heterocycles. The fourth-order valence-electron chi connectivity index (χ4n) is 4.22. The number of nitrogens with zero attached hydrogens (tertiary/aromatic N) is 2. The second kappa shape index (κ2) is 10.5. The smallest absolute Gasteiger partial charge is 0.330 e. The SMILES string of the molecule is CCCCn1c(N)c(N(Cc2ccco2)C(=O)c2ccc(OC3CCCC3)cc2)c(=O)[nH]c1=O. The van der Waals surface area contributed by atoms with Crippen molar-refractivity contribution in [3.05, 3.63) is 74.8 Å². The molecular formula is C25H30N4O5. The van der Waals surface area contributed by atoms with Gasteiger partial charge in [0, 0.05) is 12.1 Å². The van der Waals surface area contributed by atoms with Crippen molar-refractivity contribution in [2.24, 2.45) is 0 Å². The summed E-state index contributed by atoms with van der Waals surface area (Å²) < 4.78 is 12.7. The van der Waals surface area contributed by atoms with E-state index in [2.05, 4.69) is 4.98 Å². The number of furan rings is 1. The number of ether oxygens (including phenoxy) is 1. The van der Waals surface area contributed by atoms with E-state index in [9.17, 15) is 14.4 Å². The zero-order chi connectivity index (χ0) is 24.1. The molecule has 0 unspecified atom stereocenters. The molecule has 0 bridgehead atoms. The van der Waals surface area contributed by atoms with Gasteiger partial charge in [-0.15, -0.1) is 0 Å². The fraction of sp³-hybridized carbons (Fsp3) is 0.400. The van der Waals surface area contributed by atoms with Crippen molar-refractivity contribution in [3.63, 3.8) is 0 Å². The van der Waals surface area contributed by atoms with Crippen molar-refractivity contribution >= 4 is 17.4 Å². The van der Waals surface area contributed by atoms with Crippen LogP contribution >= 0.6 is 0 Å². The van der Waals surface area contributed by atoms with Crippen LogP contribution < -0.4 is 26.6 Å². The molecule has 3 N–H and O–H groups in total. The number of anilines is 2. The first-order valence-electron chi connectivity index (χ1n) is 11.7. The summed E-state index contributed by atoms with van der Waals surface area (Å²) in [6.07, 6.45) is 7.64. The normalized spacial score (nSPS) is 13.8. The van der Waals surface area contributed by atoms with Crippen LogP contribution in [0.15, 0.2) is 56.7 Å². The van der Waals surface area contributed by atoms with Gasteiger partial charge in [-0.05, 0) is 68.5 Å². The molecule has 2 heterocycles. The van der Waals surface area contributed by atoms with Gasteiger partial charge in [0.25, 0.3) is 11.5 Å². The number of rotatable bonds is 9. The van der Waals surface area contributed by atoms with Gasteiger partial charge in [-0.3, -0.25) is 24.0 Å². The standard InChI is InChI=1S/C25H30N4O5/c1-2-3-14-28-22(26)21(23(30)27-25(28)32)29(16-20-9-6-15-33-20)24(31)17-10-12-19(13-11-17)34-18-7-4-5-8-18/h6,9-13,15,18H,2-5,7-8,14,16,26H2,1H3,(H,27,30,32). The molecule has 1 amide bonds. The molecule has 0 atom stereocenters. The van der Waals surface area contributed by atoms with Gasteiger partial charge in [0.15, 0.2) is 5.69 Å². The number of aromatic nitrogens is 2. The van der Waals surface area contributed by atoms with Gasteiger partial charge < -0.3 is 14.9 Å². The number of aromatic amines is 1. The lowest BCUT2D eigenvalue weighted by Gasteiger charge is -2.24. The minimum atomic E-state index is -0.726. The Morgan fingerprint density at radius 2 is 1.94 bits per heavy atom. The van der Waals surface area contributed by atoms with Gasteiger partial charge in [0.1, 0.15) is 17.3 Å². The molecule has 4 rings (SSSR count). The first kappa shape index (κ1) is 23.4. The number of hydrogen-bond acceptors (Lipinski definition) is 6. The average molecular weight is 467 g/mol. The zero-order valence-corrected chi connectivity index (χ0v) is 19.3. The van der Waals surface area contributed by atoms with Crippen LogP contribution in [0.2, 0.25) is 0 Å². The first-order valence-corrected chi connectivity index (χ1v) is 11.7. The van der Waals surface area contributed by atoms with E-state index >= 15 is 0 Å². The first-order chi connectivity index (χ1) is 16.5. The quantitative estimate of drug-likeness (QED) is 0.496. The minimum Gasteiger partial charge on any atom is -0.490 e. The third-order valence-corrected chi connectivity index (χ3v) is 6.06. The van der Waals surface area contributed by atoms with Gasteiger partial charge in [-0.2, -0.15) is 0 Å². The molecule has 1 aromatic carbocycles. The summed E-state index contributed by atoms with van der Waals surface area (Å²) in [6.45, 7) is 2.30. The molecular weight excluding hydrogens is 436 g/mol. The molecule has 2 aromatic heterocycles. The Bertz CT molecular complexity index is 1220. The van der Waals surface area contributed by atoms with Crippen LogP contribution in [0.5, 0.6) is 5.75 Å². The lowest BCUT2D eigenvalue weighted by Crippen LogP contribution is -2.41. The predicted octanol–water partition coefficient (Wildman–Crippen LogP) is 3.68. The highest BCUT2D eigenvalue weighted by atomic mass is 16.5. The highest BCUT2D eigenvalue weighted by molar-refractivity contribution is 6.07. The number of benzene rings is 1. The van der Waals surface area contributed by atoms with Gasteiger partial charge >= 0.3 is 5.69 Å². The molecule has 1 aliphatic rings. The number of hydrogen-bond donors (Lipinski definition) is 2. The van der Waals surface area contributed by atoms with Gasteiger partial charge in [-0.25, -0.2) is 4.79 Å². The summed E-state index contributed by atoms with van der Waals surface area (Å²) in [6, 6.07) is 10.2. The molecule has 1 aliphatic carbocycles. The van der Waals surface area contributed by atoms with Crippen LogP contribution in [0.4, 0.5) is 11.5 Å². The summed E-state index contributed by atoms with van der Waals surface area (Å²) >= 11 is 0. The zero-order valence-electron chi connectivity index (χ0n) is 19.3. The van der Waals surface area contributed by atoms with E-state index in [1.165, 1.54) is 28.6 Å². The maximum Gasteiger partial charge on any atom is 0.330 e. The second-order valence-corrected chi connectivity index (χ2v) is 8.52. The van der Waals surface area contributed by atoms with Crippen molar-refractivity contribution in [1.29, 1.82) is 0 Å². The van der Waals surface area contributed by atoms with Crippen LogP contribution in [0, 0.1) is 0 Å². The number of nitrogen functional groups attached to an aromatic ring is 1. The van der Waals surface area contributed by atoms with Crippen LogP contribution in [0.3, 0.4) is 0 Å². The van der Waals surface area contributed by atoms with Gasteiger partial charge in [-0.1, -0.05) is 13.3 Å². The lowest BCUT2D eigenvalue weighted by atomic mass is 10.1. The van der Waals surface area contributed by atoms with Crippen LogP contribution in [0.25, 0.3) is 0 Å². The highest BCUT2D eigenvalue weighted by Gasteiger charge is 2.26. The van der Waals surface area contributed by atoms with Crippen molar-refractivity contribution in [2.75, 3.05) is 10.6 Å². The number of nitrogens with one attached hydrogen (secondary N) is 1. The summed E-state index contributed by atoms with van der Waals surface area (Å²) in [7, 11) is 0. The summed E-state index contributed by atoms with van der Waals surface area (Å²) in [5, 5.41) is 0. The van der Waals surface area contributed by atoms with E-state index < -0.39 is 17.2 Å². The molecule has 180 valence electrons. The molecule has 0 spiro atoms. The number of nitrogens with two attached hydrogens (primary N) is 1. The molecule has 9 nitrogen and oxygen atoms in total. The summed E-state index contributed by atoms with van der Waals surface area (Å²) in [5.41, 5.74) is 5.24. The predicted molar refractivity (Wildman–Crippen MR) is 129 cm³/mol. The summed E-state index contributed by atoms with van der Waals surface area (Å²) in [5.74, 6) is 0.677. The van der Waals surface area contributed by atoms with E-state index in [1.807, 2.05) is 6.92 Å². The Labute approximate surface area is 197 Å². The van der Waals surface area contributed by atoms with E-state index in [1.54, 1.807) is 36.4 Å². The minimum absolute atomic E-state index is 0.0224. The van der Waals surface area contributed by atoms with Gasteiger partial charge in [0.2, 0.25) is 0 Å². The highest BCUT2D eigenvalue weighted by Crippen LogP contribution is 2.26. The maximum absolute atomic E-state index is 13.6. The molecule has 3 aromatic rings. The molecule has 1 fully saturated rings. The Morgan fingerprint density at radius 3 is 2.59 bits per heavy atom. The van der Waals surface area contributed by atoms with E-state index in [-0.39, 0.29) is 24.2 Å². The Morgan fingerprint density at radius 1 is 1.21 bits per heavy atom. The molecule has 9 heteroatoms. The average Bonchev–Trinajstić information content (AvgIpc) is 3.53. The van der Waals surface area contributed by atoms with Crippen molar-refractivity contribution in [2.45, 2.75) is 64.6 Å². The summed E-state index contributed by atoms with van der Waals surface area (Å²) in [4.78, 5) is 42.4. The van der Waals surface area contributed by atoms with E-state index in [4.69, 9.17) is 14.9 Å². The Balaban J connectivity index is 1.68. The monoisotopic (exact) mass is 466 g/mol. The third kappa shape index (κ3) is 5.08. The lowest BCUT2D eigenvalue weighted by molar-refractivity contribution is 0.0982. The molecule has 0 radical (unpaired) electrons. The largest absolute Gasteiger partial charge is 0.490 e. The fourth-order valence-corrected chi connectivity index (χ4v) is 4.22. The van der Waals surface area contributed by atoms with E-state index in [0.29, 0.717) is 30.0 Å². The van der Waals surface area contributed by atoms with Crippen molar-refractivity contribution in [3.8, 4) is 5.75 Å². The molecule has 0 saturated heterocycles. The topological polar surface area (TPSA) is 124 Å². The number of amides is 1. The Hall–Kier alpha value is -3.75. The van der Waals surface area contributed by atoms with E-state index in [0.717, 1.165) is 19.3 Å². The third-order valence-electron chi connectivity index (χ3n) is 6.06. The number of H-pyrrole nitrogens is 1. The maximum atomic E-state index is 13.6. The van der Waals surface area contributed by atoms with Crippen molar-refractivity contribution in [1.82, 2.24) is 9.55 Å². The molecule has 34 heavy (non-hydrogen) atoms. The number of unbranched alkanes of at least 4 members (excludes halogenated alkanes) is 1. The van der Waals surface area contributed by atoms with Crippen LogP contribution in [-0.2, 0) is 13.1 Å². The molecule has 1 saturated carbocycles. The second-order valence-electron chi connectivity index (χ2n) is 8.52.